The maximum atomic E-state index is 13.0. The topological polar surface area (TPSA) is 88.9 Å². The first-order valence-electron chi connectivity index (χ1n) is 11.7. The second-order valence-electron chi connectivity index (χ2n) is 8.97. The van der Waals surface area contributed by atoms with E-state index in [0.29, 0.717) is 26.2 Å². The summed E-state index contributed by atoms with van der Waals surface area (Å²) in [6.07, 6.45) is 0. The first kappa shape index (κ1) is 23.9. The zero-order valence-corrected chi connectivity index (χ0v) is 21.4. The van der Waals surface area contributed by atoms with Gasteiger partial charge in [-0.25, -0.2) is 4.68 Å². The molecule has 0 aliphatic rings. The lowest BCUT2D eigenvalue weighted by Gasteiger charge is -2.21. The van der Waals surface area contributed by atoms with Crippen molar-refractivity contribution in [3.05, 3.63) is 103 Å². The van der Waals surface area contributed by atoms with Crippen molar-refractivity contribution in [1.29, 1.82) is 0 Å². The number of pyridine rings is 1. The van der Waals surface area contributed by atoms with Crippen molar-refractivity contribution in [2.24, 2.45) is 0 Å². The zero-order chi connectivity index (χ0) is 25.1. The highest BCUT2D eigenvalue weighted by molar-refractivity contribution is 7.09. The fourth-order valence-corrected chi connectivity index (χ4v) is 4.98. The number of thiophene rings is 1. The van der Waals surface area contributed by atoms with Crippen LogP contribution < -0.4 is 10.3 Å². The lowest BCUT2D eigenvalue weighted by atomic mass is 10.0. The van der Waals surface area contributed by atoms with Crippen LogP contribution in [0.1, 0.15) is 33.0 Å². The number of aryl methyl sites for hydroxylation is 2. The standard InChI is InChI=1S/C27H28N6O2S/c1-18-11-21-13-22(27(34)28-25(21)12-19(18)2)15-32(16-24-5-4-10-36-24)17-26-29-30-31-33(26)14-20-6-8-23(35-3)9-7-20/h4-13H,14-17H2,1-3H3,(H,28,34). The number of aromatic nitrogens is 5. The number of nitrogens with one attached hydrogen (secondary N) is 1. The lowest BCUT2D eigenvalue weighted by Crippen LogP contribution is -2.27. The van der Waals surface area contributed by atoms with Gasteiger partial charge in [0.05, 0.1) is 20.2 Å². The van der Waals surface area contributed by atoms with Crippen LogP contribution in [0.25, 0.3) is 10.9 Å². The molecule has 2 aromatic carbocycles. The van der Waals surface area contributed by atoms with E-state index >= 15 is 0 Å². The first-order chi connectivity index (χ1) is 17.5. The summed E-state index contributed by atoms with van der Waals surface area (Å²) in [6.45, 7) is 6.37. The number of rotatable bonds is 9. The molecule has 9 heteroatoms. The molecule has 0 unspecified atom stereocenters. The third-order valence-corrected chi connectivity index (χ3v) is 7.21. The van der Waals surface area contributed by atoms with Gasteiger partial charge in [-0.15, -0.1) is 16.4 Å². The van der Waals surface area contributed by atoms with Crippen molar-refractivity contribution in [3.63, 3.8) is 0 Å². The Balaban J connectivity index is 1.41. The number of tetrazole rings is 1. The molecule has 8 nitrogen and oxygen atoms in total. The third-order valence-electron chi connectivity index (χ3n) is 6.35. The normalized spacial score (nSPS) is 11.4. The van der Waals surface area contributed by atoms with E-state index in [1.54, 1.807) is 23.1 Å². The number of benzene rings is 2. The van der Waals surface area contributed by atoms with E-state index in [4.69, 9.17) is 4.74 Å². The Morgan fingerprint density at radius 2 is 1.83 bits per heavy atom. The number of aromatic amines is 1. The Morgan fingerprint density at radius 1 is 1.03 bits per heavy atom. The fraction of sp³-hybridized carbons (Fsp3) is 0.259. The molecule has 3 heterocycles. The Morgan fingerprint density at radius 3 is 2.58 bits per heavy atom. The minimum absolute atomic E-state index is 0.0697. The third kappa shape index (κ3) is 5.37. The van der Waals surface area contributed by atoms with Crippen molar-refractivity contribution < 1.29 is 4.74 Å². The molecule has 0 atom stereocenters. The number of hydrogen-bond acceptors (Lipinski definition) is 7. The van der Waals surface area contributed by atoms with Gasteiger partial charge in [0.25, 0.3) is 5.56 Å². The monoisotopic (exact) mass is 500 g/mol. The number of ether oxygens (including phenoxy) is 1. The highest BCUT2D eigenvalue weighted by atomic mass is 32.1. The molecule has 0 spiro atoms. The van der Waals surface area contributed by atoms with E-state index in [1.165, 1.54) is 10.4 Å². The van der Waals surface area contributed by atoms with Crippen molar-refractivity contribution in [1.82, 2.24) is 30.1 Å². The maximum absolute atomic E-state index is 13.0. The summed E-state index contributed by atoms with van der Waals surface area (Å²) in [7, 11) is 1.65. The van der Waals surface area contributed by atoms with Crippen LogP contribution >= 0.6 is 11.3 Å². The summed E-state index contributed by atoms with van der Waals surface area (Å²) in [4.78, 5) is 19.5. The van der Waals surface area contributed by atoms with Crippen molar-refractivity contribution >= 4 is 22.2 Å². The summed E-state index contributed by atoms with van der Waals surface area (Å²) >= 11 is 1.70. The molecule has 36 heavy (non-hydrogen) atoms. The average molecular weight is 501 g/mol. The predicted molar refractivity (Wildman–Crippen MR) is 141 cm³/mol. The highest BCUT2D eigenvalue weighted by Crippen LogP contribution is 2.20. The van der Waals surface area contributed by atoms with Crippen LogP contribution in [0.3, 0.4) is 0 Å². The number of fused-ring (bicyclic) bond motifs is 1. The largest absolute Gasteiger partial charge is 0.497 e. The Hall–Kier alpha value is -3.82. The van der Waals surface area contributed by atoms with Gasteiger partial charge < -0.3 is 9.72 Å². The average Bonchev–Trinajstić information content (AvgIpc) is 3.54. The number of methoxy groups -OCH3 is 1. The summed E-state index contributed by atoms with van der Waals surface area (Å²) in [5, 5.41) is 15.6. The molecular formula is C27H28N6O2S. The quantitative estimate of drug-likeness (QED) is 0.322. The first-order valence-corrected chi connectivity index (χ1v) is 12.6. The van der Waals surface area contributed by atoms with Crippen LogP contribution in [0.15, 0.2) is 64.8 Å². The molecule has 0 saturated carbocycles. The molecule has 184 valence electrons. The molecular weight excluding hydrogens is 472 g/mol. The van der Waals surface area contributed by atoms with Crippen molar-refractivity contribution in [2.45, 2.75) is 40.0 Å². The lowest BCUT2D eigenvalue weighted by molar-refractivity contribution is 0.238. The van der Waals surface area contributed by atoms with Crippen LogP contribution in [0.4, 0.5) is 0 Å². The molecule has 3 aromatic heterocycles. The molecule has 0 aliphatic carbocycles. The van der Waals surface area contributed by atoms with E-state index in [9.17, 15) is 4.79 Å². The minimum Gasteiger partial charge on any atom is -0.497 e. The smallest absolute Gasteiger partial charge is 0.252 e. The van der Waals surface area contributed by atoms with E-state index < -0.39 is 0 Å². The fourth-order valence-electron chi connectivity index (χ4n) is 4.23. The summed E-state index contributed by atoms with van der Waals surface area (Å²) in [6, 6.07) is 18.2. The molecule has 5 rings (SSSR count). The van der Waals surface area contributed by atoms with Gasteiger partial charge in [0.2, 0.25) is 0 Å². The SMILES string of the molecule is COc1ccc(Cn2nnnc2CN(Cc2cccs2)Cc2cc3cc(C)c(C)cc3[nH]c2=O)cc1. The summed E-state index contributed by atoms with van der Waals surface area (Å²) < 4.78 is 7.06. The molecule has 0 saturated heterocycles. The molecule has 1 N–H and O–H groups in total. The van der Waals surface area contributed by atoms with Crippen molar-refractivity contribution in [3.8, 4) is 5.75 Å². The minimum atomic E-state index is -0.0697. The van der Waals surface area contributed by atoms with Gasteiger partial charge in [-0.05, 0) is 88.1 Å². The maximum Gasteiger partial charge on any atom is 0.252 e. The van der Waals surface area contributed by atoms with E-state index in [-0.39, 0.29) is 5.56 Å². The molecule has 5 aromatic rings. The van der Waals surface area contributed by atoms with Crippen LogP contribution in [0.2, 0.25) is 0 Å². The van der Waals surface area contributed by atoms with Gasteiger partial charge in [0.15, 0.2) is 5.82 Å². The van der Waals surface area contributed by atoms with Crippen LogP contribution in [0.5, 0.6) is 5.75 Å². The van der Waals surface area contributed by atoms with Crippen LogP contribution in [-0.2, 0) is 26.2 Å². The van der Waals surface area contributed by atoms with Gasteiger partial charge in [-0.2, -0.15) is 0 Å². The van der Waals surface area contributed by atoms with Crippen LogP contribution in [0, 0.1) is 13.8 Å². The second-order valence-corrected chi connectivity index (χ2v) is 10.0. The van der Waals surface area contributed by atoms with Crippen LogP contribution in [-0.4, -0.2) is 37.2 Å². The van der Waals surface area contributed by atoms with Gasteiger partial charge in [-0.1, -0.05) is 18.2 Å². The Labute approximate surface area is 213 Å². The van der Waals surface area contributed by atoms with Gasteiger partial charge in [0, 0.05) is 29.0 Å². The Kier molecular flexibility index (Phi) is 6.92. The van der Waals surface area contributed by atoms with Gasteiger partial charge in [0.1, 0.15) is 5.75 Å². The van der Waals surface area contributed by atoms with E-state index in [0.717, 1.165) is 39.2 Å². The molecule has 0 radical (unpaired) electrons. The van der Waals surface area contributed by atoms with E-state index in [2.05, 4.69) is 56.8 Å². The molecule has 0 aliphatic heterocycles. The zero-order valence-electron chi connectivity index (χ0n) is 20.6. The highest BCUT2D eigenvalue weighted by Gasteiger charge is 2.17. The van der Waals surface area contributed by atoms with E-state index in [1.807, 2.05) is 42.5 Å². The molecule has 0 bridgehead atoms. The van der Waals surface area contributed by atoms with Gasteiger partial charge >= 0.3 is 0 Å². The summed E-state index contributed by atoms with van der Waals surface area (Å²) in [5.74, 6) is 1.55. The summed E-state index contributed by atoms with van der Waals surface area (Å²) in [5.41, 5.74) is 4.95. The van der Waals surface area contributed by atoms with Crippen molar-refractivity contribution in [2.75, 3.05) is 7.11 Å². The number of H-pyrrole nitrogens is 1. The number of hydrogen-bond donors (Lipinski definition) is 1. The Bertz CT molecular complexity index is 1520. The second kappa shape index (κ2) is 10.4. The number of nitrogens with zero attached hydrogens (tertiary/aromatic N) is 5. The van der Waals surface area contributed by atoms with Gasteiger partial charge in [-0.3, -0.25) is 9.69 Å². The molecule has 0 amide bonds. The predicted octanol–water partition coefficient (Wildman–Crippen LogP) is 4.45. The molecule has 0 fully saturated rings.